The third kappa shape index (κ3) is 3.44. The van der Waals surface area contributed by atoms with E-state index in [0.29, 0.717) is 6.04 Å². The van der Waals surface area contributed by atoms with Crippen molar-refractivity contribution < 1.29 is 4.74 Å². The lowest BCUT2D eigenvalue weighted by atomic mass is 10.2. The van der Waals surface area contributed by atoms with Crippen molar-refractivity contribution in [2.24, 2.45) is 0 Å². The van der Waals surface area contributed by atoms with E-state index in [4.69, 9.17) is 4.74 Å². The second-order valence-corrected chi connectivity index (χ2v) is 5.76. The molecule has 0 radical (unpaired) electrons. The first-order valence-corrected chi connectivity index (χ1v) is 7.92. The molecule has 116 valence electrons. The van der Waals surface area contributed by atoms with E-state index in [1.165, 1.54) is 6.42 Å². The summed E-state index contributed by atoms with van der Waals surface area (Å²) in [6, 6.07) is 2.72. The molecule has 1 N–H and O–H groups in total. The van der Waals surface area contributed by atoms with Crippen molar-refractivity contribution in [3.8, 4) is 0 Å². The van der Waals surface area contributed by atoms with E-state index < -0.39 is 0 Å². The van der Waals surface area contributed by atoms with E-state index in [0.717, 1.165) is 63.4 Å². The van der Waals surface area contributed by atoms with Crippen LogP contribution in [0.1, 0.15) is 19.0 Å². The van der Waals surface area contributed by atoms with Gasteiger partial charge in [-0.15, -0.1) is 0 Å². The summed E-state index contributed by atoms with van der Waals surface area (Å²) in [5, 5.41) is 3.21. The number of hydrogen-bond donors (Lipinski definition) is 1. The van der Waals surface area contributed by atoms with Gasteiger partial charge in [-0.25, -0.2) is 4.98 Å². The number of morpholine rings is 1. The minimum absolute atomic E-state index is 0.631. The molecule has 3 heterocycles. The molecule has 2 fully saturated rings. The Morgan fingerprint density at radius 2 is 2.10 bits per heavy atom. The summed E-state index contributed by atoms with van der Waals surface area (Å²) in [5.41, 5.74) is 1.02. The lowest BCUT2D eigenvalue weighted by Crippen LogP contribution is -2.44. The average Bonchev–Trinajstić information content (AvgIpc) is 2.98. The van der Waals surface area contributed by atoms with Crippen LogP contribution in [0.3, 0.4) is 0 Å². The van der Waals surface area contributed by atoms with Crippen LogP contribution in [-0.4, -0.2) is 66.8 Å². The molecule has 0 aromatic carbocycles. The first-order valence-electron chi connectivity index (χ1n) is 7.92. The number of aryl methyl sites for hydroxylation is 1. The molecule has 1 aromatic rings. The fourth-order valence-electron chi connectivity index (χ4n) is 3.14. The number of ether oxygens (including phenoxy) is 1. The summed E-state index contributed by atoms with van der Waals surface area (Å²) in [7, 11) is 0. The Morgan fingerprint density at radius 3 is 2.86 bits per heavy atom. The Bertz CT molecular complexity index is 475. The fraction of sp³-hybridized carbons (Fsp3) is 0.733. The average molecular weight is 291 g/mol. The molecule has 6 heteroatoms. The third-order valence-corrected chi connectivity index (χ3v) is 4.23. The number of nitrogens with zero attached hydrogens (tertiary/aromatic N) is 4. The van der Waals surface area contributed by atoms with Gasteiger partial charge in [0, 0.05) is 50.5 Å². The summed E-state index contributed by atoms with van der Waals surface area (Å²) in [6.45, 7) is 10.9. The first kappa shape index (κ1) is 14.5. The van der Waals surface area contributed by atoms with Crippen LogP contribution in [-0.2, 0) is 4.74 Å². The maximum atomic E-state index is 5.44. The maximum absolute atomic E-state index is 5.44. The molecule has 3 rings (SSSR count). The molecule has 0 saturated carbocycles. The number of rotatable bonds is 4. The Hall–Kier alpha value is -1.40. The van der Waals surface area contributed by atoms with Gasteiger partial charge in [0.1, 0.15) is 5.82 Å². The van der Waals surface area contributed by atoms with Gasteiger partial charge >= 0.3 is 0 Å². The molecule has 2 saturated heterocycles. The van der Waals surface area contributed by atoms with E-state index in [1.54, 1.807) is 0 Å². The highest BCUT2D eigenvalue weighted by Gasteiger charge is 2.29. The summed E-state index contributed by atoms with van der Waals surface area (Å²) in [6.07, 6.45) is 1.21. The van der Waals surface area contributed by atoms with Crippen LogP contribution in [0.25, 0.3) is 0 Å². The molecule has 1 unspecified atom stereocenters. The maximum Gasteiger partial charge on any atom is 0.224 e. The molecule has 2 aliphatic rings. The van der Waals surface area contributed by atoms with Crippen molar-refractivity contribution >= 4 is 11.8 Å². The standard InChI is InChI=1S/C15H25N5O/c1-3-16-15-17-12(2)10-14(18-15)20-5-4-13(11-20)19-6-8-21-9-7-19/h10,13H,3-9,11H2,1-2H3,(H,16,17,18). The summed E-state index contributed by atoms with van der Waals surface area (Å²) < 4.78 is 5.44. The van der Waals surface area contributed by atoms with Crippen molar-refractivity contribution in [2.75, 3.05) is 56.2 Å². The quantitative estimate of drug-likeness (QED) is 0.897. The molecule has 1 aromatic heterocycles. The minimum Gasteiger partial charge on any atom is -0.379 e. The normalized spacial score (nSPS) is 23.5. The van der Waals surface area contributed by atoms with E-state index in [2.05, 4.69) is 38.1 Å². The number of nitrogens with one attached hydrogen (secondary N) is 1. The highest BCUT2D eigenvalue weighted by molar-refractivity contribution is 5.45. The van der Waals surface area contributed by atoms with Crippen molar-refractivity contribution in [3.63, 3.8) is 0 Å². The Labute approximate surface area is 126 Å². The highest BCUT2D eigenvalue weighted by Crippen LogP contribution is 2.23. The van der Waals surface area contributed by atoms with Gasteiger partial charge < -0.3 is 15.0 Å². The van der Waals surface area contributed by atoms with Gasteiger partial charge in [-0.2, -0.15) is 4.98 Å². The number of hydrogen-bond acceptors (Lipinski definition) is 6. The van der Waals surface area contributed by atoms with Crippen molar-refractivity contribution in [2.45, 2.75) is 26.3 Å². The van der Waals surface area contributed by atoms with Crippen LogP contribution in [0.15, 0.2) is 6.07 Å². The zero-order chi connectivity index (χ0) is 14.7. The largest absolute Gasteiger partial charge is 0.379 e. The molecule has 2 aliphatic heterocycles. The highest BCUT2D eigenvalue weighted by atomic mass is 16.5. The Balaban J connectivity index is 1.67. The summed E-state index contributed by atoms with van der Waals surface area (Å²) >= 11 is 0. The lowest BCUT2D eigenvalue weighted by molar-refractivity contribution is 0.0209. The molecule has 21 heavy (non-hydrogen) atoms. The van der Waals surface area contributed by atoms with Gasteiger partial charge in [-0.1, -0.05) is 0 Å². The second kappa shape index (κ2) is 6.58. The van der Waals surface area contributed by atoms with Gasteiger partial charge in [-0.3, -0.25) is 4.90 Å². The second-order valence-electron chi connectivity index (χ2n) is 5.76. The fourth-order valence-corrected chi connectivity index (χ4v) is 3.14. The van der Waals surface area contributed by atoms with Crippen LogP contribution in [0, 0.1) is 6.92 Å². The molecular weight excluding hydrogens is 266 g/mol. The number of aromatic nitrogens is 2. The van der Waals surface area contributed by atoms with E-state index in [1.807, 2.05) is 6.92 Å². The van der Waals surface area contributed by atoms with Crippen LogP contribution >= 0.6 is 0 Å². The van der Waals surface area contributed by atoms with Gasteiger partial charge in [0.05, 0.1) is 13.2 Å². The van der Waals surface area contributed by atoms with Crippen LogP contribution in [0.4, 0.5) is 11.8 Å². The zero-order valence-electron chi connectivity index (χ0n) is 13.0. The Morgan fingerprint density at radius 1 is 1.29 bits per heavy atom. The topological polar surface area (TPSA) is 53.5 Å². The monoisotopic (exact) mass is 291 g/mol. The molecule has 6 nitrogen and oxygen atoms in total. The summed E-state index contributed by atoms with van der Waals surface area (Å²) in [5.74, 6) is 1.79. The molecule has 0 aliphatic carbocycles. The van der Waals surface area contributed by atoms with Gasteiger partial charge in [0.25, 0.3) is 0 Å². The van der Waals surface area contributed by atoms with Crippen LogP contribution in [0.2, 0.25) is 0 Å². The van der Waals surface area contributed by atoms with Crippen molar-refractivity contribution in [1.29, 1.82) is 0 Å². The third-order valence-electron chi connectivity index (χ3n) is 4.23. The smallest absolute Gasteiger partial charge is 0.224 e. The van der Waals surface area contributed by atoms with E-state index in [-0.39, 0.29) is 0 Å². The van der Waals surface area contributed by atoms with Crippen molar-refractivity contribution in [1.82, 2.24) is 14.9 Å². The first-order chi connectivity index (χ1) is 10.3. The van der Waals surface area contributed by atoms with Crippen LogP contribution < -0.4 is 10.2 Å². The Kier molecular flexibility index (Phi) is 4.55. The molecular formula is C15H25N5O. The molecule has 0 amide bonds. The molecule has 0 spiro atoms. The predicted octanol–water partition coefficient (Wildman–Crippen LogP) is 1.13. The van der Waals surface area contributed by atoms with Gasteiger partial charge in [0.15, 0.2) is 0 Å². The van der Waals surface area contributed by atoms with Gasteiger partial charge in [-0.05, 0) is 20.3 Å². The summed E-state index contributed by atoms with van der Waals surface area (Å²) in [4.78, 5) is 14.0. The molecule has 1 atom stereocenters. The zero-order valence-corrected chi connectivity index (χ0v) is 13.0. The predicted molar refractivity (Wildman–Crippen MR) is 83.9 cm³/mol. The van der Waals surface area contributed by atoms with E-state index in [9.17, 15) is 0 Å². The molecule has 0 bridgehead atoms. The SMILES string of the molecule is CCNc1nc(C)cc(N2CCC(N3CCOCC3)C2)n1. The number of anilines is 2. The van der Waals surface area contributed by atoms with Crippen molar-refractivity contribution in [3.05, 3.63) is 11.8 Å². The minimum atomic E-state index is 0.631. The van der Waals surface area contributed by atoms with Gasteiger partial charge in [0.2, 0.25) is 5.95 Å². The lowest BCUT2D eigenvalue weighted by Gasteiger charge is -2.32. The van der Waals surface area contributed by atoms with E-state index >= 15 is 0 Å². The van der Waals surface area contributed by atoms with Crippen LogP contribution in [0.5, 0.6) is 0 Å².